The topological polar surface area (TPSA) is 140 Å². The summed E-state index contributed by atoms with van der Waals surface area (Å²) < 4.78 is 7.95. The molecule has 31 heavy (non-hydrogen) atoms. The Morgan fingerprint density at radius 2 is 1.84 bits per heavy atom. The normalized spacial score (nSPS) is 30.2. The third-order valence-corrected chi connectivity index (χ3v) is 7.01. The van der Waals surface area contributed by atoms with Gasteiger partial charge in [0, 0.05) is 6.42 Å². The van der Waals surface area contributed by atoms with Crippen molar-refractivity contribution in [2.45, 2.75) is 61.6 Å². The maximum atomic E-state index is 11.3. The summed E-state index contributed by atoms with van der Waals surface area (Å²) in [5, 5.41) is 31.9. The number of hydrogen-bond acceptors (Lipinski definition) is 8. The first-order chi connectivity index (χ1) is 15.0. The molecule has 1 aliphatic heterocycles. The second kappa shape index (κ2) is 7.52. The van der Waals surface area contributed by atoms with Crippen LogP contribution in [0.2, 0.25) is 0 Å². The van der Waals surface area contributed by atoms with Crippen molar-refractivity contribution in [2.24, 2.45) is 0 Å². The van der Waals surface area contributed by atoms with Crippen LogP contribution >= 0.6 is 0 Å². The highest BCUT2D eigenvalue weighted by Gasteiger charge is 2.59. The fourth-order valence-corrected chi connectivity index (χ4v) is 5.47. The van der Waals surface area contributed by atoms with Crippen molar-refractivity contribution in [3.8, 4) is 0 Å². The molecule has 3 heterocycles. The van der Waals surface area contributed by atoms with E-state index in [4.69, 9.17) is 10.5 Å². The van der Waals surface area contributed by atoms with Gasteiger partial charge in [-0.2, -0.15) is 0 Å². The second-order valence-electron chi connectivity index (χ2n) is 8.70. The van der Waals surface area contributed by atoms with Crippen molar-refractivity contribution in [3.05, 3.63) is 48.5 Å². The highest BCUT2D eigenvalue weighted by molar-refractivity contribution is 5.81. The van der Waals surface area contributed by atoms with Gasteiger partial charge in [-0.3, -0.25) is 4.57 Å². The quantitative estimate of drug-likeness (QED) is 0.476. The van der Waals surface area contributed by atoms with Crippen molar-refractivity contribution in [3.63, 3.8) is 0 Å². The summed E-state index contributed by atoms with van der Waals surface area (Å²) in [4.78, 5) is 12.7. The molecule has 1 saturated carbocycles. The number of nitrogen functional groups attached to an aromatic ring is 1. The number of aromatic nitrogens is 4. The first kappa shape index (κ1) is 20.3. The average molecular weight is 425 g/mol. The van der Waals surface area contributed by atoms with Crippen LogP contribution in [0.3, 0.4) is 0 Å². The van der Waals surface area contributed by atoms with Gasteiger partial charge in [0.15, 0.2) is 17.2 Å². The first-order valence-corrected chi connectivity index (χ1v) is 10.7. The minimum absolute atomic E-state index is 0.226. The average Bonchev–Trinajstić information content (AvgIpc) is 3.50. The highest BCUT2D eigenvalue weighted by Crippen LogP contribution is 2.52. The largest absolute Gasteiger partial charge is 0.394 e. The standard InChI is InChI=1S/C22H27N5O4/c23-19-16-20(25-12-24-19)27(13-26-16)22(18(30)17(29)15(10-28)31-22)11-21(8-4-5-9-21)14-6-2-1-3-7-14/h1-3,6-7,12-13,15,17-18,28-30H,4-5,8-11H2,(H2,23,24,25)/t15-,17-,18-,22-/m1/s1. The van der Waals surface area contributed by atoms with Crippen molar-refractivity contribution in [2.75, 3.05) is 12.3 Å². The summed E-state index contributed by atoms with van der Waals surface area (Å²) in [6.45, 7) is -0.415. The van der Waals surface area contributed by atoms with Crippen LogP contribution in [0.5, 0.6) is 0 Å². The molecule has 9 heteroatoms. The molecule has 0 bridgehead atoms. The van der Waals surface area contributed by atoms with E-state index in [0.29, 0.717) is 17.6 Å². The number of nitrogens with zero attached hydrogens (tertiary/aromatic N) is 4. The van der Waals surface area contributed by atoms with Crippen molar-refractivity contribution in [1.29, 1.82) is 0 Å². The minimum atomic E-state index is -1.37. The monoisotopic (exact) mass is 425 g/mol. The molecular formula is C22H27N5O4. The molecule has 3 aromatic rings. The molecule has 0 amide bonds. The van der Waals surface area contributed by atoms with Gasteiger partial charge in [0.05, 0.1) is 12.9 Å². The van der Waals surface area contributed by atoms with Gasteiger partial charge in [-0.1, -0.05) is 43.2 Å². The van der Waals surface area contributed by atoms with Crippen LogP contribution in [-0.4, -0.2) is 59.8 Å². The molecule has 5 rings (SSSR count). The minimum Gasteiger partial charge on any atom is -0.394 e. The Hall–Kier alpha value is -2.59. The number of nitrogens with two attached hydrogens (primary N) is 1. The molecule has 4 atom stereocenters. The number of ether oxygens (including phenoxy) is 1. The third-order valence-electron chi connectivity index (χ3n) is 7.01. The Labute approximate surface area is 179 Å². The molecular weight excluding hydrogens is 398 g/mol. The first-order valence-electron chi connectivity index (χ1n) is 10.7. The highest BCUT2D eigenvalue weighted by atomic mass is 16.6. The Bertz CT molecular complexity index is 1070. The molecule has 2 aliphatic rings. The molecule has 2 fully saturated rings. The fraction of sp³-hybridized carbons (Fsp3) is 0.500. The molecule has 1 aromatic carbocycles. The lowest BCUT2D eigenvalue weighted by Gasteiger charge is -2.42. The Morgan fingerprint density at radius 3 is 2.52 bits per heavy atom. The summed E-state index contributed by atoms with van der Waals surface area (Å²) in [7, 11) is 0. The maximum absolute atomic E-state index is 11.3. The zero-order chi connectivity index (χ0) is 21.6. The Kier molecular flexibility index (Phi) is 4.93. The zero-order valence-corrected chi connectivity index (χ0v) is 17.1. The molecule has 1 aliphatic carbocycles. The van der Waals surface area contributed by atoms with E-state index >= 15 is 0 Å². The zero-order valence-electron chi connectivity index (χ0n) is 17.1. The number of rotatable bonds is 5. The lowest BCUT2D eigenvalue weighted by atomic mass is 9.72. The smallest absolute Gasteiger partial charge is 0.177 e. The second-order valence-corrected chi connectivity index (χ2v) is 8.70. The molecule has 0 unspecified atom stereocenters. The molecule has 1 saturated heterocycles. The summed E-state index contributed by atoms with van der Waals surface area (Å²) in [6, 6.07) is 10.2. The van der Waals surface area contributed by atoms with Crippen LogP contribution in [0.25, 0.3) is 11.2 Å². The molecule has 9 nitrogen and oxygen atoms in total. The summed E-state index contributed by atoms with van der Waals surface area (Å²) in [6.07, 6.45) is 3.77. The number of aliphatic hydroxyl groups excluding tert-OH is 3. The van der Waals surface area contributed by atoms with Crippen molar-refractivity contribution >= 4 is 17.0 Å². The predicted octanol–water partition coefficient (Wildman–Crippen LogP) is 1.08. The van der Waals surface area contributed by atoms with Gasteiger partial charge in [0.2, 0.25) is 0 Å². The molecule has 0 spiro atoms. The molecule has 164 valence electrons. The van der Waals surface area contributed by atoms with Crippen LogP contribution in [0, 0.1) is 0 Å². The van der Waals surface area contributed by atoms with E-state index in [1.165, 1.54) is 18.2 Å². The fourth-order valence-electron chi connectivity index (χ4n) is 5.47. The van der Waals surface area contributed by atoms with Crippen LogP contribution < -0.4 is 5.73 Å². The Balaban J connectivity index is 1.69. The van der Waals surface area contributed by atoms with E-state index in [1.807, 2.05) is 18.2 Å². The van der Waals surface area contributed by atoms with E-state index < -0.39 is 30.6 Å². The van der Waals surface area contributed by atoms with E-state index in [1.54, 1.807) is 4.57 Å². The SMILES string of the molecule is Nc1ncnc2c1ncn2[C@]1(CC2(c3ccccc3)CCCC2)O[C@H](CO)[C@@H](O)[C@H]1O. The van der Waals surface area contributed by atoms with E-state index in [9.17, 15) is 15.3 Å². The lowest BCUT2D eigenvalue weighted by molar-refractivity contribution is -0.161. The van der Waals surface area contributed by atoms with E-state index in [-0.39, 0.29) is 11.2 Å². The van der Waals surface area contributed by atoms with Crippen LogP contribution in [0.4, 0.5) is 5.82 Å². The van der Waals surface area contributed by atoms with E-state index in [2.05, 4.69) is 27.1 Å². The summed E-state index contributed by atoms with van der Waals surface area (Å²) in [5.41, 5.74) is 6.34. The number of fused-ring (bicyclic) bond motifs is 1. The number of hydrogen-bond donors (Lipinski definition) is 4. The molecule has 2 aromatic heterocycles. The van der Waals surface area contributed by atoms with Gasteiger partial charge in [0.1, 0.15) is 30.2 Å². The van der Waals surface area contributed by atoms with Gasteiger partial charge < -0.3 is 25.8 Å². The van der Waals surface area contributed by atoms with Gasteiger partial charge in [-0.05, 0) is 23.8 Å². The third kappa shape index (κ3) is 3.03. The van der Waals surface area contributed by atoms with Gasteiger partial charge >= 0.3 is 0 Å². The predicted molar refractivity (Wildman–Crippen MR) is 113 cm³/mol. The molecule has 5 N–H and O–H groups in total. The lowest BCUT2D eigenvalue weighted by Crippen LogP contribution is -2.49. The van der Waals surface area contributed by atoms with Crippen LogP contribution in [0.15, 0.2) is 43.0 Å². The molecule has 0 radical (unpaired) electrons. The van der Waals surface area contributed by atoms with Crippen molar-refractivity contribution in [1.82, 2.24) is 19.5 Å². The summed E-state index contributed by atoms with van der Waals surface area (Å²) in [5.74, 6) is 0.226. The summed E-state index contributed by atoms with van der Waals surface area (Å²) >= 11 is 0. The van der Waals surface area contributed by atoms with Crippen LogP contribution in [-0.2, 0) is 15.9 Å². The van der Waals surface area contributed by atoms with Gasteiger partial charge in [0.25, 0.3) is 0 Å². The Morgan fingerprint density at radius 1 is 1.10 bits per heavy atom. The maximum Gasteiger partial charge on any atom is 0.177 e. The van der Waals surface area contributed by atoms with Crippen molar-refractivity contribution < 1.29 is 20.1 Å². The number of anilines is 1. The number of imidazole rings is 1. The van der Waals surface area contributed by atoms with Crippen LogP contribution in [0.1, 0.15) is 37.7 Å². The number of aliphatic hydroxyl groups is 3. The number of benzene rings is 1. The van der Waals surface area contributed by atoms with E-state index in [0.717, 1.165) is 25.7 Å². The van der Waals surface area contributed by atoms with Gasteiger partial charge in [-0.25, -0.2) is 15.0 Å². The van der Waals surface area contributed by atoms with Gasteiger partial charge in [-0.15, -0.1) is 0 Å².